The Morgan fingerprint density at radius 2 is 2.00 bits per heavy atom. The molecule has 10 heteroatoms. The molecule has 2 aromatic heterocycles. The SMILES string of the molecule is O=C(Cn1cnc2c(nnn2Cc2ccccc2F)c1=O)N1CCOCC1. The van der Waals surface area contributed by atoms with Gasteiger partial charge in [0, 0.05) is 18.7 Å². The van der Waals surface area contributed by atoms with E-state index in [1.165, 1.54) is 21.6 Å². The van der Waals surface area contributed by atoms with Crippen LogP contribution in [-0.2, 0) is 22.6 Å². The van der Waals surface area contributed by atoms with Crippen molar-refractivity contribution in [3.05, 3.63) is 52.3 Å². The molecule has 9 nitrogen and oxygen atoms in total. The highest BCUT2D eigenvalue weighted by Crippen LogP contribution is 2.11. The number of aromatic nitrogens is 5. The van der Waals surface area contributed by atoms with Crippen LogP contribution in [0.15, 0.2) is 35.4 Å². The average molecular weight is 372 g/mol. The predicted octanol–water partition coefficient (Wildman–Crippen LogP) is 0.0342. The summed E-state index contributed by atoms with van der Waals surface area (Å²) in [6.45, 7) is 1.96. The third-order valence-electron chi connectivity index (χ3n) is 4.44. The van der Waals surface area contributed by atoms with Gasteiger partial charge in [-0.1, -0.05) is 23.4 Å². The maximum absolute atomic E-state index is 13.8. The van der Waals surface area contributed by atoms with Crippen LogP contribution in [0, 0.1) is 5.82 Å². The summed E-state index contributed by atoms with van der Waals surface area (Å²) in [4.78, 5) is 30.8. The maximum Gasteiger partial charge on any atom is 0.283 e. The van der Waals surface area contributed by atoms with Gasteiger partial charge in [-0.15, -0.1) is 5.10 Å². The van der Waals surface area contributed by atoms with Crippen molar-refractivity contribution in [1.82, 2.24) is 29.4 Å². The lowest BCUT2D eigenvalue weighted by atomic mass is 10.2. The van der Waals surface area contributed by atoms with Crippen LogP contribution < -0.4 is 5.56 Å². The Morgan fingerprint density at radius 3 is 2.78 bits per heavy atom. The van der Waals surface area contributed by atoms with E-state index in [1.807, 2.05) is 0 Å². The summed E-state index contributed by atoms with van der Waals surface area (Å²) < 4.78 is 21.6. The van der Waals surface area contributed by atoms with Crippen molar-refractivity contribution in [1.29, 1.82) is 0 Å². The minimum atomic E-state index is -0.457. The van der Waals surface area contributed by atoms with Crippen LogP contribution in [0.3, 0.4) is 0 Å². The Bertz CT molecular complexity index is 1040. The molecule has 1 saturated heterocycles. The number of fused-ring (bicyclic) bond motifs is 1. The number of halogens is 1. The number of morpholine rings is 1. The van der Waals surface area contributed by atoms with Gasteiger partial charge in [0.05, 0.1) is 19.8 Å². The number of carbonyl (C=O) groups is 1. The quantitative estimate of drug-likeness (QED) is 0.642. The van der Waals surface area contributed by atoms with Gasteiger partial charge in [-0.05, 0) is 6.07 Å². The predicted molar refractivity (Wildman–Crippen MR) is 92.5 cm³/mol. The monoisotopic (exact) mass is 372 g/mol. The summed E-state index contributed by atoms with van der Waals surface area (Å²) in [7, 11) is 0. The number of amides is 1. The van der Waals surface area contributed by atoms with Gasteiger partial charge in [-0.25, -0.2) is 14.1 Å². The molecule has 0 aliphatic carbocycles. The highest BCUT2D eigenvalue weighted by atomic mass is 19.1. The largest absolute Gasteiger partial charge is 0.378 e. The number of carbonyl (C=O) groups excluding carboxylic acids is 1. The summed E-state index contributed by atoms with van der Waals surface area (Å²) in [6.07, 6.45) is 1.30. The smallest absolute Gasteiger partial charge is 0.283 e. The van der Waals surface area contributed by atoms with Crippen molar-refractivity contribution >= 4 is 17.1 Å². The second-order valence-corrected chi connectivity index (χ2v) is 6.18. The first-order chi connectivity index (χ1) is 13.1. The van der Waals surface area contributed by atoms with Crippen LogP contribution in [-0.4, -0.2) is 61.7 Å². The van der Waals surface area contributed by atoms with Gasteiger partial charge in [0.15, 0.2) is 11.2 Å². The van der Waals surface area contributed by atoms with E-state index in [0.29, 0.717) is 31.9 Å². The van der Waals surface area contributed by atoms with Crippen molar-refractivity contribution in [2.75, 3.05) is 26.3 Å². The zero-order chi connectivity index (χ0) is 18.8. The van der Waals surface area contributed by atoms with Gasteiger partial charge in [0.1, 0.15) is 18.7 Å². The molecule has 0 bridgehead atoms. The molecule has 0 radical (unpaired) electrons. The fourth-order valence-electron chi connectivity index (χ4n) is 2.95. The lowest BCUT2D eigenvalue weighted by molar-refractivity contribution is -0.135. The molecule has 0 N–H and O–H groups in total. The lowest BCUT2D eigenvalue weighted by Crippen LogP contribution is -2.43. The van der Waals surface area contributed by atoms with Crippen molar-refractivity contribution in [3.63, 3.8) is 0 Å². The molecule has 0 unspecified atom stereocenters. The molecule has 1 aliphatic rings. The summed E-state index contributed by atoms with van der Waals surface area (Å²) in [6, 6.07) is 6.30. The van der Waals surface area contributed by atoms with Gasteiger partial charge < -0.3 is 9.64 Å². The van der Waals surface area contributed by atoms with Crippen LogP contribution >= 0.6 is 0 Å². The van der Waals surface area contributed by atoms with E-state index in [0.717, 1.165) is 0 Å². The first-order valence-corrected chi connectivity index (χ1v) is 8.51. The normalized spacial score (nSPS) is 14.6. The highest BCUT2D eigenvalue weighted by molar-refractivity contribution is 5.76. The van der Waals surface area contributed by atoms with E-state index in [4.69, 9.17) is 4.74 Å². The van der Waals surface area contributed by atoms with Crippen molar-refractivity contribution in [2.45, 2.75) is 13.1 Å². The summed E-state index contributed by atoms with van der Waals surface area (Å²) in [5.41, 5.74) is 0.251. The highest BCUT2D eigenvalue weighted by Gasteiger charge is 2.19. The zero-order valence-electron chi connectivity index (χ0n) is 14.4. The molecular weight excluding hydrogens is 355 g/mol. The minimum Gasteiger partial charge on any atom is -0.378 e. The van der Waals surface area contributed by atoms with Crippen LogP contribution in [0.1, 0.15) is 5.56 Å². The van der Waals surface area contributed by atoms with Gasteiger partial charge in [0.2, 0.25) is 5.91 Å². The number of hydrogen-bond acceptors (Lipinski definition) is 6. The molecule has 1 aliphatic heterocycles. The third-order valence-corrected chi connectivity index (χ3v) is 4.44. The number of nitrogens with zero attached hydrogens (tertiary/aromatic N) is 6. The van der Waals surface area contributed by atoms with E-state index in [2.05, 4.69) is 15.3 Å². The van der Waals surface area contributed by atoms with Crippen LogP contribution in [0.4, 0.5) is 4.39 Å². The number of benzene rings is 1. The van der Waals surface area contributed by atoms with E-state index in [1.54, 1.807) is 23.1 Å². The number of rotatable bonds is 4. The Hall–Kier alpha value is -3.14. The summed E-state index contributed by atoms with van der Waals surface area (Å²) in [5, 5.41) is 7.79. The molecule has 140 valence electrons. The molecule has 3 heterocycles. The molecule has 1 aromatic carbocycles. The number of hydrogen-bond donors (Lipinski definition) is 0. The third kappa shape index (κ3) is 3.43. The second-order valence-electron chi connectivity index (χ2n) is 6.18. The topological polar surface area (TPSA) is 95.1 Å². The van der Waals surface area contributed by atoms with E-state index in [9.17, 15) is 14.0 Å². The molecule has 0 spiro atoms. The van der Waals surface area contributed by atoms with Gasteiger partial charge in [-0.2, -0.15) is 0 Å². The molecule has 4 rings (SSSR count). The Kier molecular flexibility index (Phi) is 4.63. The summed E-state index contributed by atoms with van der Waals surface area (Å²) >= 11 is 0. The van der Waals surface area contributed by atoms with E-state index < -0.39 is 5.56 Å². The van der Waals surface area contributed by atoms with Gasteiger partial charge in [0.25, 0.3) is 5.56 Å². The van der Waals surface area contributed by atoms with Crippen LogP contribution in [0.2, 0.25) is 0 Å². The summed E-state index contributed by atoms with van der Waals surface area (Å²) in [5.74, 6) is -0.550. The van der Waals surface area contributed by atoms with Crippen LogP contribution in [0.25, 0.3) is 11.2 Å². The molecular formula is C17H17FN6O3. The standard InChI is InChI=1S/C17H17FN6O3/c18-13-4-2-1-3-12(13)9-24-16-15(20-21-24)17(26)23(11-19-16)10-14(25)22-5-7-27-8-6-22/h1-4,11H,5-10H2. The van der Waals surface area contributed by atoms with Gasteiger partial charge >= 0.3 is 0 Å². The zero-order valence-corrected chi connectivity index (χ0v) is 14.4. The van der Waals surface area contributed by atoms with Crippen molar-refractivity contribution < 1.29 is 13.9 Å². The molecule has 27 heavy (non-hydrogen) atoms. The Morgan fingerprint density at radius 1 is 1.22 bits per heavy atom. The lowest BCUT2D eigenvalue weighted by Gasteiger charge is -2.26. The molecule has 0 saturated carbocycles. The van der Waals surface area contributed by atoms with Crippen LogP contribution in [0.5, 0.6) is 0 Å². The molecule has 0 atom stereocenters. The first kappa shape index (κ1) is 17.3. The maximum atomic E-state index is 13.8. The van der Waals surface area contributed by atoms with Gasteiger partial charge in [-0.3, -0.25) is 14.2 Å². The molecule has 1 amide bonds. The van der Waals surface area contributed by atoms with E-state index >= 15 is 0 Å². The fraction of sp³-hybridized carbons (Fsp3) is 0.353. The molecule has 1 fully saturated rings. The van der Waals surface area contributed by atoms with Crippen molar-refractivity contribution in [3.8, 4) is 0 Å². The number of ether oxygens (including phenoxy) is 1. The minimum absolute atomic E-state index is 0.0450. The first-order valence-electron chi connectivity index (χ1n) is 8.51. The Balaban J connectivity index is 1.59. The van der Waals surface area contributed by atoms with E-state index in [-0.39, 0.29) is 36.0 Å². The second kappa shape index (κ2) is 7.23. The average Bonchev–Trinajstić information content (AvgIpc) is 3.10. The Labute approximate surface area is 153 Å². The fourth-order valence-corrected chi connectivity index (χ4v) is 2.95. The van der Waals surface area contributed by atoms with Crippen molar-refractivity contribution in [2.24, 2.45) is 0 Å². The molecule has 3 aromatic rings.